The van der Waals surface area contributed by atoms with Crippen LogP contribution in [0.15, 0.2) is 24.4 Å². The molecule has 278 valence electrons. The van der Waals surface area contributed by atoms with Crippen LogP contribution in [0.1, 0.15) is 66.0 Å². The van der Waals surface area contributed by atoms with Gasteiger partial charge in [0, 0.05) is 52.7 Å². The van der Waals surface area contributed by atoms with Gasteiger partial charge in [0.25, 0.3) is 0 Å². The molecule has 13 nitrogen and oxygen atoms in total. The van der Waals surface area contributed by atoms with Crippen LogP contribution in [0.5, 0.6) is 0 Å². The number of rotatable bonds is 20. The van der Waals surface area contributed by atoms with E-state index in [9.17, 15) is 24.3 Å². The van der Waals surface area contributed by atoms with Crippen LogP contribution in [0.2, 0.25) is 0 Å². The Morgan fingerprint density at radius 3 is 2.29 bits per heavy atom. The number of likely N-dealkylation sites (N-methyl/N-ethyl adjacent to an activating group) is 2. The average Bonchev–Trinajstić information content (AvgIpc) is 3.56. The maximum absolute atomic E-state index is 14.0. The Balaban J connectivity index is 2.18. The number of carbonyl (C=O) groups excluding carboxylic acids is 4. The van der Waals surface area contributed by atoms with E-state index in [0.717, 1.165) is 12.1 Å². The van der Waals surface area contributed by atoms with Gasteiger partial charge in [-0.15, -0.1) is 0 Å². The number of nitrogens with zero attached hydrogens (tertiary/aromatic N) is 4. The number of carbonyl (C=O) groups is 4. The third-order valence-electron chi connectivity index (χ3n) is 9.92. The summed E-state index contributed by atoms with van der Waals surface area (Å²) in [5.74, 6) is -1.68. The van der Waals surface area contributed by atoms with Crippen molar-refractivity contribution in [1.82, 2.24) is 30.3 Å². The van der Waals surface area contributed by atoms with E-state index in [1.807, 2.05) is 52.8 Å². The van der Waals surface area contributed by atoms with Gasteiger partial charge in [0.1, 0.15) is 6.04 Å². The molecule has 1 aromatic heterocycles. The molecule has 0 spiro atoms. The molecule has 0 radical (unpaired) electrons. The van der Waals surface area contributed by atoms with Gasteiger partial charge in [0.15, 0.2) is 0 Å². The van der Waals surface area contributed by atoms with Crippen LogP contribution >= 0.6 is 0 Å². The Morgan fingerprint density at radius 2 is 1.76 bits per heavy atom. The predicted molar refractivity (Wildman–Crippen MR) is 188 cm³/mol. The highest BCUT2D eigenvalue weighted by Gasteiger charge is 2.42. The number of aromatic nitrogens is 1. The van der Waals surface area contributed by atoms with Crippen molar-refractivity contribution < 1.29 is 33.8 Å². The first-order chi connectivity index (χ1) is 23.2. The van der Waals surface area contributed by atoms with Crippen molar-refractivity contribution in [2.24, 2.45) is 17.8 Å². The highest BCUT2D eigenvalue weighted by atomic mass is 16.5. The largest absolute Gasteiger partial charge is 0.394 e. The summed E-state index contributed by atoms with van der Waals surface area (Å²) in [6.07, 6.45) is 3.34. The number of pyridine rings is 1. The van der Waals surface area contributed by atoms with E-state index in [-0.39, 0.29) is 42.0 Å². The Bertz CT molecular complexity index is 1180. The van der Waals surface area contributed by atoms with E-state index in [4.69, 9.17) is 9.47 Å². The number of methoxy groups -OCH3 is 2. The van der Waals surface area contributed by atoms with Crippen molar-refractivity contribution in [1.29, 1.82) is 0 Å². The number of hydrogen-bond acceptors (Lipinski definition) is 9. The number of nitrogens with one attached hydrogen (secondary N) is 2. The van der Waals surface area contributed by atoms with Gasteiger partial charge in [0.05, 0.1) is 49.3 Å². The van der Waals surface area contributed by atoms with Gasteiger partial charge < -0.3 is 35.0 Å². The summed E-state index contributed by atoms with van der Waals surface area (Å²) in [7, 11) is 8.32. The molecule has 2 heterocycles. The summed E-state index contributed by atoms with van der Waals surface area (Å²) in [5.41, 5.74) is 0.891. The number of hydrogen-bond donors (Lipinski definition) is 3. The molecular weight excluding hydrogens is 628 g/mol. The monoisotopic (exact) mass is 690 g/mol. The molecule has 1 aromatic rings. The van der Waals surface area contributed by atoms with Crippen molar-refractivity contribution in [2.75, 3.05) is 55.1 Å². The third-order valence-corrected chi connectivity index (χ3v) is 9.92. The van der Waals surface area contributed by atoms with Crippen molar-refractivity contribution in [3.8, 4) is 0 Å². The van der Waals surface area contributed by atoms with Crippen LogP contribution in [-0.4, -0.2) is 140 Å². The lowest BCUT2D eigenvalue weighted by Gasteiger charge is -2.40. The highest BCUT2D eigenvalue weighted by molar-refractivity contribution is 5.90. The molecule has 0 bridgehead atoms. The summed E-state index contributed by atoms with van der Waals surface area (Å²) in [6, 6.07) is 3.23. The van der Waals surface area contributed by atoms with Gasteiger partial charge in [-0.2, -0.15) is 0 Å². The Labute approximate surface area is 293 Å². The van der Waals surface area contributed by atoms with Crippen molar-refractivity contribution >= 4 is 23.6 Å². The summed E-state index contributed by atoms with van der Waals surface area (Å²) in [5, 5.41) is 15.9. The fourth-order valence-corrected chi connectivity index (χ4v) is 7.15. The number of aliphatic hydroxyl groups excluding tert-OH is 1. The molecule has 49 heavy (non-hydrogen) atoms. The molecule has 0 saturated carbocycles. The van der Waals surface area contributed by atoms with E-state index in [0.29, 0.717) is 32.4 Å². The predicted octanol–water partition coefficient (Wildman–Crippen LogP) is 1.72. The number of likely N-dealkylation sites (tertiary alicyclic amines) is 1. The minimum atomic E-state index is -1.15. The second-order valence-corrected chi connectivity index (χ2v) is 13.8. The Kier molecular flexibility index (Phi) is 17.6. The van der Waals surface area contributed by atoms with Crippen molar-refractivity contribution in [3.05, 3.63) is 30.1 Å². The van der Waals surface area contributed by atoms with Gasteiger partial charge >= 0.3 is 0 Å². The second-order valence-electron chi connectivity index (χ2n) is 13.8. The minimum Gasteiger partial charge on any atom is -0.394 e. The highest BCUT2D eigenvalue weighted by Crippen LogP contribution is 2.29. The zero-order chi connectivity index (χ0) is 36.8. The summed E-state index contributed by atoms with van der Waals surface area (Å²) >= 11 is 0. The maximum atomic E-state index is 14.0. The van der Waals surface area contributed by atoms with E-state index < -0.39 is 48.8 Å². The van der Waals surface area contributed by atoms with E-state index in [2.05, 4.69) is 15.6 Å². The topological polar surface area (TPSA) is 154 Å². The smallest absolute Gasteiger partial charge is 0.247 e. The molecule has 8 atom stereocenters. The van der Waals surface area contributed by atoms with Gasteiger partial charge in [-0.3, -0.25) is 29.1 Å². The number of ether oxygens (including phenoxy) is 2. The zero-order valence-corrected chi connectivity index (χ0v) is 31.3. The van der Waals surface area contributed by atoms with Crippen LogP contribution in [0.4, 0.5) is 0 Å². The normalized spacial score (nSPS) is 19.1. The lowest BCUT2D eigenvalue weighted by Crippen LogP contribution is -2.59. The van der Waals surface area contributed by atoms with Gasteiger partial charge in [-0.25, -0.2) is 0 Å². The first-order valence-electron chi connectivity index (χ1n) is 17.6. The number of amides is 4. The molecule has 1 fully saturated rings. The quantitative estimate of drug-likeness (QED) is 0.186. The SMILES string of the molecule is CC[C@H](C)[C@@H]([C@@H](CC(=O)N1CCC[C@H]1[C@H](OC)[C@@H](C)C(=O)NCCc1ccccn1)OC)N(C)C(=O)[C@H](CO)NC(=O)[C@H](C(C)C)N(C)C. The molecule has 0 unspecified atom stereocenters. The van der Waals surface area contributed by atoms with Crippen LogP contribution in [0.3, 0.4) is 0 Å². The average molecular weight is 691 g/mol. The lowest BCUT2D eigenvalue weighted by atomic mass is 9.90. The zero-order valence-electron chi connectivity index (χ0n) is 31.3. The van der Waals surface area contributed by atoms with Gasteiger partial charge in [0.2, 0.25) is 23.6 Å². The van der Waals surface area contributed by atoms with Crippen molar-refractivity contribution in [2.45, 2.75) is 103 Å². The van der Waals surface area contributed by atoms with Crippen LogP contribution in [0, 0.1) is 17.8 Å². The van der Waals surface area contributed by atoms with E-state index >= 15 is 0 Å². The first-order valence-corrected chi connectivity index (χ1v) is 17.6. The van der Waals surface area contributed by atoms with E-state index in [1.165, 1.54) is 12.0 Å². The summed E-state index contributed by atoms with van der Waals surface area (Å²) in [4.78, 5) is 63.5. The van der Waals surface area contributed by atoms with Gasteiger partial charge in [-0.1, -0.05) is 47.1 Å². The van der Waals surface area contributed by atoms with Crippen molar-refractivity contribution in [3.63, 3.8) is 0 Å². The molecule has 1 aliphatic heterocycles. The van der Waals surface area contributed by atoms with Crippen LogP contribution < -0.4 is 10.6 Å². The molecule has 3 N–H and O–H groups in total. The Hall–Kier alpha value is -3.13. The molecule has 4 amide bonds. The minimum absolute atomic E-state index is 0.00686. The maximum Gasteiger partial charge on any atom is 0.247 e. The first kappa shape index (κ1) is 42.0. The number of aliphatic hydroxyl groups is 1. The standard InChI is InChI=1S/C36H62N6O7/c1-11-24(4)32(41(8)36(47)27(22-43)39-35(46)31(23(2)3)40(6)7)29(48-9)21-30(44)42-20-14-16-28(42)33(49-10)25(5)34(45)38-19-17-26-15-12-13-18-37-26/h12-13,15,18,23-25,27-29,31-33,43H,11,14,16-17,19-22H2,1-10H3,(H,38,45)(H,39,46)/t24-,25+,27-,28-,29+,31-,32-,33+/m0/s1. The van der Waals surface area contributed by atoms with Gasteiger partial charge in [-0.05, 0) is 50.9 Å². The molecule has 1 saturated heterocycles. The fraction of sp³-hybridized carbons (Fsp3) is 0.750. The Morgan fingerprint density at radius 1 is 1.06 bits per heavy atom. The third kappa shape index (κ3) is 11.4. The molecule has 0 aliphatic carbocycles. The molecule has 2 rings (SSSR count). The van der Waals surface area contributed by atoms with Crippen LogP contribution in [-0.2, 0) is 35.1 Å². The molecule has 0 aromatic carbocycles. The van der Waals surface area contributed by atoms with E-state index in [1.54, 1.807) is 44.2 Å². The lowest BCUT2D eigenvalue weighted by molar-refractivity contribution is -0.148. The summed E-state index contributed by atoms with van der Waals surface area (Å²) < 4.78 is 11.8. The molecule has 13 heteroatoms. The second kappa shape index (κ2) is 20.5. The molecule has 1 aliphatic rings. The summed E-state index contributed by atoms with van der Waals surface area (Å²) in [6.45, 7) is 10.1. The fourth-order valence-electron chi connectivity index (χ4n) is 7.15. The van der Waals surface area contributed by atoms with Crippen LogP contribution in [0.25, 0.3) is 0 Å². The molecular formula is C36H62N6O7.